The van der Waals surface area contributed by atoms with Crippen molar-refractivity contribution in [3.05, 3.63) is 0 Å². The first kappa shape index (κ1) is 17.6. The van der Waals surface area contributed by atoms with Crippen LogP contribution in [0.2, 0.25) is 0 Å². The Morgan fingerprint density at radius 1 is 0.909 bits per heavy atom. The number of hydrogen-bond acceptors (Lipinski definition) is 3. The Bertz CT molecular complexity index is 313. The van der Waals surface area contributed by atoms with Crippen LogP contribution >= 0.6 is 0 Å². The van der Waals surface area contributed by atoms with Crippen molar-refractivity contribution in [2.24, 2.45) is 17.8 Å². The molecule has 2 saturated carbocycles. The van der Waals surface area contributed by atoms with E-state index in [0.717, 1.165) is 30.6 Å². The number of carbonyl (C=O) groups is 1. The van der Waals surface area contributed by atoms with E-state index in [9.17, 15) is 4.79 Å². The Balaban J connectivity index is 1.64. The second kappa shape index (κ2) is 9.42. The highest BCUT2D eigenvalue weighted by molar-refractivity contribution is 5.60. The average molecular weight is 310 g/mol. The highest BCUT2D eigenvalue weighted by Gasteiger charge is 2.31. The lowest BCUT2D eigenvalue weighted by molar-refractivity contribution is 0.00161. The van der Waals surface area contributed by atoms with Gasteiger partial charge < -0.3 is 9.47 Å². The molecule has 0 amide bonds. The zero-order valence-corrected chi connectivity index (χ0v) is 14.5. The van der Waals surface area contributed by atoms with E-state index in [2.05, 4.69) is 6.92 Å². The van der Waals surface area contributed by atoms with Gasteiger partial charge in [-0.25, -0.2) is 4.79 Å². The molecule has 0 spiro atoms. The Morgan fingerprint density at radius 3 is 2.05 bits per heavy atom. The number of hydrogen-bond donors (Lipinski definition) is 0. The lowest BCUT2D eigenvalue weighted by Gasteiger charge is -2.37. The first-order chi connectivity index (χ1) is 10.7. The van der Waals surface area contributed by atoms with Crippen molar-refractivity contribution in [1.29, 1.82) is 0 Å². The van der Waals surface area contributed by atoms with E-state index >= 15 is 0 Å². The van der Waals surface area contributed by atoms with Crippen molar-refractivity contribution in [1.82, 2.24) is 0 Å². The molecule has 0 unspecified atom stereocenters. The van der Waals surface area contributed by atoms with Gasteiger partial charge in [-0.3, -0.25) is 0 Å². The standard InChI is InChI=1S/C19H34O3/c1-3-5-6-15-7-9-16(10-8-15)17-11-13-18(14-12-17)22-19(20)21-4-2/h15-18H,3-14H2,1-2H3/t15-,16-,17-,18-. The van der Waals surface area contributed by atoms with Crippen LogP contribution < -0.4 is 0 Å². The third-order valence-electron chi connectivity index (χ3n) is 5.77. The predicted molar refractivity (Wildman–Crippen MR) is 88.8 cm³/mol. The second-order valence-electron chi connectivity index (χ2n) is 7.26. The molecular weight excluding hydrogens is 276 g/mol. The van der Waals surface area contributed by atoms with Gasteiger partial charge in [0.25, 0.3) is 0 Å². The fourth-order valence-electron chi connectivity index (χ4n) is 4.41. The molecule has 0 saturated heterocycles. The molecular formula is C19H34O3. The first-order valence-electron chi connectivity index (χ1n) is 9.56. The van der Waals surface area contributed by atoms with Gasteiger partial charge in [-0.1, -0.05) is 39.0 Å². The van der Waals surface area contributed by atoms with E-state index in [1.807, 2.05) is 6.92 Å². The molecule has 0 heterocycles. The van der Waals surface area contributed by atoms with Crippen molar-refractivity contribution in [2.75, 3.05) is 6.61 Å². The summed E-state index contributed by atoms with van der Waals surface area (Å²) in [4.78, 5) is 11.4. The fraction of sp³-hybridized carbons (Fsp3) is 0.947. The van der Waals surface area contributed by atoms with Crippen molar-refractivity contribution in [3.63, 3.8) is 0 Å². The summed E-state index contributed by atoms with van der Waals surface area (Å²) in [6.07, 6.45) is 14.1. The van der Waals surface area contributed by atoms with Gasteiger partial charge in [0.1, 0.15) is 6.10 Å². The topological polar surface area (TPSA) is 35.5 Å². The summed E-state index contributed by atoms with van der Waals surface area (Å²) < 4.78 is 10.2. The molecule has 0 N–H and O–H groups in total. The molecule has 2 aliphatic rings. The molecule has 0 atom stereocenters. The summed E-state index contributed by atoms with van der Waals surface area (Å²) in [5, 5.41) is 0. The molecule has 0 radical (unpaired) electrons. The number of rotatable bonds is 6. The highest BCUT2D eigenvalue weighted by Crippen LogP contribution is 2.41. The maximum absolute atomic E-state index is 11.4. The van der Waals surface area contributed by atoms with E-state index in [-0.39, 0.29) is 6.10 Å². The van der Waals surface area contributed by atoms with Crippen molar-refractivity contribution < 1.29 is 14.3 Å². The maximum atomic E-state index is 11.4. The summed E-state index contributed by atoms with van der Waals surface area (Å²) >= 11 is 0. The quantitative estimate of drug-likeness (QED) is 0.589. The SMILES string of the molecule is CCCC[C@H]1CC[C@H]([C@H]2CC[C@H](OC(=O)OCC)CC2)CC1. The smallest absolute Gasteiger partial charge is 0.435 e. The minimum absolute atomic E-state index is 0.0937. The maximum Gasteiger partial charge on any atom is 0.508 e. The van der Waals surface area contributed by atoms with E-state index in [1.54, 1.807) is 0 Å². The number of carbonyl (C=O) groups excluding carboxylic acids is 1. The molecule has 2 fully saturated rings. The van der Waals surface area contributed by atoms with E-state index in [4.69, 9.17) is 9.47 Å². The molecule has 0 aromatic carbocycles. The summed E-state index contributed by atoms with van der Waals surface area (Å²) in [6, 6.07) is 0. The van der Waals surface area contributed by atoms with E-state index in [0.29, 0.717) is 6.61 Å². The van der Waals surface area contributed by atoms with Gasteiger partial charge >= 0.3 is 6.16 Å². The number of unbranched alkanes of at least 4 members (excludes halogenated alkanes) is 1. The molecule has 2 aliphatic carbocycles. The van der Waals surface area contributed by atoms with Gasteiger partial charge in [0.05, 0.1) is 6.61 Å². The Hall–Kier alpha value is -0.730. The summed E-state index contributed by atoms with van der Waals surface area (Å²) in [6.45, 7) is 4.51. The summed E-state index contributed by atoms with van der Waals surface area (Å²) in [5.41, 5.74) is 0. The lowest BCUT2D eigenvalue weighted by Crippen LogP contribution is -2.30. The molecule has 0 bridgehead atoms. The van der Waals surface area contributed by atoms with Gasteiger partial charge in [0.15, 0.2) is 0 Å². The third-order valence-corrected chi connectivity index (χ3v) is 5.77. The first-order valence-corrected chi connectivity index (χ1v) is 9.56. The summed E-state index contributed by atoms with van der Waals surface area (Å²) in [5.74, 6) is 2.80. The molecule has 128 valence electrons. The van der Waals surface area contributed by atoms with Crippen LogP contribution in [0.3, 0.4) is 0 Å². The van der Waals surface area contributed by atoms with Gasteiger partial charge in [-0.15, -0.1) is 0 Å². The molecule has 2 rings (SSSR count). The van der Waals surface area contributed by atoms with Gasteiger partial charge in [-0.2, -0.15) is 0 Å². The Morgan fingerprint density at radius 2 is 1.50 bits per heavy atom. The molecule has 3 nitrogen and oxygen atoms in total. The lowest BCUT2D eigenvalue weighted by atomic mass is 9.70. The van der Waals surface area contributed by atoms with Crippen LogP contribution in [0, 0.1) is 17.8 Å². The minimum Gasteiger partial charge on any atom is -0.435 e. The molecule has 0 aromatic rings. The van der Waals surface area contributed by atoms with Crippen molar-refractivity contribution in [3.8, 4) is 0 Å². The normalized spacial score (nSPS) is 32.5. The average Bonchev–Trinajstić information content (AvgIpc) is 2.54. The molecule has 22 heavy (non-hydrogen) atoms. The number of ether oxygens (including phenoxy) is 2. The predicted octanol–water partition coefficient (Wildman–Crippen LogP) is 5.71. The van der Waals surface area contributed by atoms with Crippen LogP contribution in [0.15, 0.2) is 0 Å². The van der Waals surface area contributed by atoms with Gasteiger partial charge in [-0.05, 0) is 63.2 Å². The van der Waals surface area contributed by atoms with Crippen LogP contribution in [0.4, 0.5) is 4.79 Å². The molecule has 3 heteroatoms. The fourth-order valence-corrected chi connectivity index (χ4v) is 4.41. The Labute approximate surface area is 136 Å². The monoisotopic (exact) mass is 310 g/mol. The Kier molecular flexibility index (Phi) is 7.54. The third kappa shape index (κ3) is 5.48. The molecule has 0 aliphatic heterocycles. The van der Waals surface area contributed by atoms with Crippen LogP contribution in [0.1, 0.15) is 84.5 Å². The largest absolute Gasteiger partial charge is 0.508 e. The van der Waals surface area contributed by atoms with Crippen LogP contribution in [0.25, 0.3) is 0 Å². The van der Waals surface area contributed by atoms with Crippen LogP contribution in [-0.4, -0.2) is 18.9 Å². The van der Waals surface area contributed by atoms with Crippen LogP contribution in [0.5, 0.6) is 0 Å². The minimum atomic E-state index is -0.484. The van der Waals surface area contributed by atoms with Crippen LogP contribution in [-0.2, 0) is 9.47 Å². The van der Waals surface area contributed by atoms with Crippen molar-refractivity contribution in [2.45, 2.75) is 90.6 Å². The van der Waals surface area contributed by atoms with E-state index < -0.39 is 6.16 Å². The zero-order chi connectivity index (χ0) is 15.8. The molecule has 0 aromatic heterocycles. The van der Waals surface area contributed by atoms with Crippen molar-refractivity contribution >= 4 is 6.16 Å². The highest BCUT2D eigenvalue weighted by atomic mass is 16.7. The zero-order valence-electron chi connectivity index (χ0n) is 14.5. The second-order valence-corrected chi connectivity index (χ2v) is 7.26. The van der Waals surface area contributed by atoms with Gasteiger partial charge in [0, 0.05) is 0 Å². The van der Waals surface area contributed by atoms with E-state index in [1.165, 1.54) is 57.8 Å². The van der Waals surface area contributed by atoms with Gasteiger partial charge in [0.2, 0.25) is 0 Å². The summed E-state index contributed by atoms with van der Waals surface area (Å²) in [7, 11) is 0.